The molecule has 0 radical (unpaired) electrons. The first-order valence-corrected chi connectivity index (χ1v) is 12.6. The van der Waals surface area contributed by atoms with Crippen molar-refractivity contribution in [1.29, 1.82) is 0 Å². The van der Waals surface area contributed by atoms with Crippen LogP contribution in [0, 0.1) is 17.3 Å². The first-order chi connectivity index (χ1) is 16.3. The lowest BCUT2D eigenvalue weighted by Crippen LogP contribution is -2.43. The highest BCUT2D eigenvalue weighted by Crippen LogP contribution is 2.39. The quantitative estimate of drug-likeness (QED) is 0.670. The van der Waals surface area contributed by atoms with Gasteiger partial charge in [-0.05, 0) is 43.6 Å². The maximum Gasteiger partial charge on any atom is 0.228 e. The molecule has 182 valence electrons. The Morgan fingerprint density at radius 1 is 1.15 bits per heavy atom. The van der Waals surface area contributed by atoms with Crippen LogP contribution < -0.4 is 10.6 Å². The number of pyridine rings is 1. The molecule has 0 bridgehead atoms. The Hall–Kier alpha value is -2.45. The van der Waals surface area contributed by atoms with Crippen LogP contribution >= 0.6 is 11.6 Å². The average Bonchev–Trinajstić information content (AvgIpc) is 3.52. The number of halogens is 1. The Morgan fingerprint density at radius 2 is 2.00 bits per heavy atom. The van der Waals surface area contributed by atoms with Crippen molar-refractivity contribution in [3.05, 3.63) is 29.2 Å². The van der Waals surface area contributed by atoms with Gasteiger partial charge in [0.05, 0.1) is 23.7 Å². The van der Waals surface area contributed by atoms with Crippen LogP contribution in [0.1, 0.15) is 51.6 Å². The molecule has 0 unspecified atom stereocenters. The van der Waals surface area contributed by atoms with Gasteiger partial charge in [0.25, 0.3) is 0 Å². The second-order valence-corrected chi connectivity index (χ2v) is 11.1. The predicted molar refractivity (Wildman–Crippen MR) is 129 cm³/mol. The molecule has 2 N–H and O–H groups in total. The number of nitrogens with one attached hydrogen (secondary N) is 2. The predicted octanol–water partition coefficient (Wildman–Crippen LogP) is 3.83. The lowest BCUT2D eigenvalue weighted by atomic mass is 9.84. The molecule has 34 heavy (non-hydrogen) atoms. The molecule has 9 heteroatoms. The van der Waals surface area contributed by atoms with Gasteiger partial charge >= 0.3 is 0 Å². The number of ether oxygens (including phenoxy) is 1. The third kappa shape index (κ3) is 4.84. The molecule has 1 saturated carbocycles. The van der Waals surface area contributed by atoms with Crippen molar-refractivity contribution in [2.45, 2.75) is 65.0 Å². The highest BCUT2D eigenvalue weighted by atomic mass is 35.5. The number of carbonyl (C=O) groups is 2. The normalized spacial score (nSPS) is 25.7. The minimum Gasteiger partial charge on any atom is -0.381 e. The molecule has 3 atom stereocenters. The molecule has 2 aliphatic heterocycles. The largest absolute Gasteiger partial charge is 0.381 e. The average molecular weight is 486 g/mol. The number of aromatic nitrogens is 3. The van der Waals surface area contributed by atoms with Gasteiger partial charge in [-0.25, -0.2) is 4.98 Å². The Labute approximate surface area is 204 Å². The van der Waals surface area contributed by atoms with Gasteiger partial charge in [-0.3, -0.25) is 14.3 Å². The molecule has 1 aliphatic carbocycles. The summed E-state index contributed by atoms with van der Waals surface area (Å²) >= 11 is 6.51. The molecule has 5 rings (SSSR count). The van der Waals surface area contributed by atoms with Gasteiger partial charge in [-0.1, -0.05) is 31.9 Å². The van der Waals surface area contributed by atoms with E-state index >= 15 is 0 Å². The lowest BCUT2D eigenvalue weighted by Gasteiger charge is -2.29. The molecule has 4 heterocycles. The van der Waals surface area contributed by atoms with E-state index in [9.17, 15) is 9.59 Å². The number of hydrogen-bond donors (Lipinski definition) is 2. The van der Waals surface area contributed by atoms with E-state index in [-0.39, 0.29) is 35.1 Å². The van der Waals surface area contributed by atoms with Gasteiger partial charge in [-0.15, -0.1) is 0 Å². The van der Waals surface area contributed by atoms with E-state index in [0.717, 1.165) is 55.5 Å². The first kappa shape index (κ1) is 23.3. The minimum absolute atomic E-state index is 0.0182. The smallest absolute Gasteiger partial charge is 0.228 e. The van der Waals surface area contributed by atoms with Crippen molar-refractivity contribution in [3.63, 3.8) is 0 Å². The lowest BCUT2D eigenvalue weighted by molar-refractivity contribution is -0.127. The van der Waals surface area contributed by atoms with E-state index in [1.54, 1.807) is 6.20 Å². The standard InChI is InChI=1S/C25H32ClN5O3/c1-25(2)10-21-19(11-28-31(21)14-25)18-9-22(27-12-20(18)26)30-23(32)15-4-3-5-17(8-15)29-24(33)16-6-7-34-13-16/h9,11-12,15-17H,3-8,10,13-14H2,1-2H3,(H,29,33)(H,27,30,32)/t15-,16-,17+/m0/s1. The van der Waals surface area contributed by atoms with E-state index in [2.05, 4.69) is 34.6 Å². The zero-order valence-corrected chi connectivity index (χ0v) is 20.5. The fourth-order valence-corrected chi connectivity index (χ4v) is 5.64. The first-order valence-electron chi connectivity index (χ1n) is 12.2. The molecule has 0 spiro atoms. The fourth-order valence-electron chi connectivity index (χ4n) is 5.43. The zero-order chi connectivity index (χ0) is 23.9. The van der Waals surface area contributed by atoms with Crippen molar-refractivity contribution in [3.8, 4) is 11.1 Å². The monoisotopic (exact) mass is 485 g/mol. The highest BCUT2D eigenvalue weighted by Gasteiger charge is 2.33. The summed E-state index contributed by atoms with van der Waals surface area (Å²) in [6.45, 7) is 6.47. The van der Waals surface area contributed by atoms with Crippen LogP contribution in [0.15, 0.2) is 18.5 Å². The molecule has 0 aromatic carbocycles. The molecule has 1 saturated heterocycles. The van der Waals surface area contributed by atoms with Crippen LogP contribution in [-0.4, -0.2) is 45.8 Å². The maximum absolute atomic E-state index is 13.1. The van der Waals surface area contributed by atoms with Gasteiger partial charge in [-0.2, -0.15) is 5.10 Å². The summed E-state index contributed by atoms with van der Waals surface area (Å²) in [5.41, 5.74) is 3.14. The maximum atomic E-state index is 13.1. The third-order valence-corrected chi connectivity index (χ3v) is 7.56. The van der Waals surface area contributed by atoms with Crippen molar-refractivity contribution in [2.24, 2.45) is 17.3 Å². The summed E-state index contributed by atoms with van der Waals surface area (Å²) < 4.78 is 7.37. The summed E-state index contributed by atoms with van der Waals surface area (Å²) in [4.78, 5) is 29.9. The molecule has 8 nitrogen and oxygen atoms in total. The van der Waals surface area contributed by atoms with E-state index in [4.69, 9.17) is 16.3 Å². The van der Waals surface area contributed by atoms with Crippen LogP contribution in [0.25, 0.3) is 11.1 Å². The minimum atomic E-state index is -0.166. The van der Waals surface area contributed by atoms with Crippen LogP contribution in [-0.2, 0) is 27.3 Å². The second kappa shape index (κ2) is 9.30. The molecular weight excluding hydrogens is 454 g/mol. The van der Waals surface area contributed by atoms with Crippen molar-refractivity contribution < 1.29 is 14.3 Å². The van der Waals surface area contributed by atoms with Crippen LogP contribution in [0.4, 0.5) is 5.82 Å². The van der Waals surface area contributed by atoms with E-state index in [0.29, 0.717) is 30.5 Å². The van der Waals surface area contributed by atoms with E-state index in [1.807, 2.05) is 16.9 Å². The Kier molecular flexibility index (Phi) is 6.37. The number of fused-ring (bicyclic) bond motifs is 1. The van der Waals surface area contributed by atoms with Crippen molar-refractivity contribution in [2.75, 3.05) is 18.5 Å². The van der Waals surface area contributed by atoms with Gasteiger partial charge in [0.1, 0.15) is 5.82 Å². The number of amides is 2. The topological polar surface area (TPSA) is 98.1 Å². The Bertz CT molecular complexity index is 1090. The van der Waals surface area contributed by atoms with E-state index < -0.39 is 0 Å². The fraction of sp³-hybridized carbons (Fsp3) is 0.600. The Balaban J connectivity index is 1.25. The van der Waals surface area contributed by atoms with Gasteiger partial charge in [0.15, 0.2) is 0 Å². The highest BCUT2D eigenvalue weighted by molar-refractivity contribution is 6.33. The summed E-state index contributed by atoms with van der Waals surface area (Å²) in [6.07, 6.45) is 8.37. The van der Waals surface area contributed by atoms with Gasteiger partial charge < -0.3 is 15.4 Å². The zero-order valence-electron chi connectivity index (χ0n) is 19.8. The molecule has 2 aromatic heterocycles. The van der Waals surface area contributed by atoms with Gasteiger partial charge in [0.2, 0.25) is 11.8 Å². The molecule has 2 aromatic rings. The van der Waals surface area contributed by atoms with Crippen LogP contribution in [0.5, 0.6) is 0 Å². The second-order valence-electron chi connectivity index (χ2n) is 10.7. The SMILES string of the molecule is CC1(C)Cc2c(-c3cc(NC(=O)[C@H]4CCC[C@@H](NC(=O)[C@H]5CCOC5)C4)ncc3Cl)cnn2C1. The number of nitrogens with zero attached hydrogens (tertiary/aromatic N) is 3. The number of hydrogen-bond acceptors (Lipinski definition) is 5. The summed E-state index contributed by atoms with van der Waals surface area (Å²) in [7, 11) is 0. The third-order valence-electron chi connectivity index (χ3n) is 7.26. The molecule has 2 fully saturated rings. The molecule has 2 amide bonds. The number of anilines is 1. The number of rotatable bonds is 5. The summed E-state index contributed by atoms with van der Waals surface area (Å²) in [5, 5.41) is 11.2. The summed E-state index contributed by atoms with van der Waals surface area (Å²) in [5.74, 6) is 0.230. The molecular formula is C25H32ClN5O3. The van der Waals surface area contributed by atoms with Crippen LogP contribution in [0.3, 0.4) is 0 Å². The van der Waals surface area contributed by atoms with Crippen molar-refractivity contribution >= 4 is 29.2 Å². The molecule has 3 aliphatic rings. The van der Waals surface area contributed by atoms with Crippen molar-refractivity contribution in [1.82, 2.24) is 20.1 Å². The Morgan fingerprint density at radius 3 is 2.79 bits per heavy atom. The van der Waals surface area contributed by atoms with Gasteiger partial charge in [0, 0.05) is 48.1 Å². The van der Waals surface area contributed by atoms with Crippen LogP contribution in [0.2, 0.25) is 5.02 Å². The summed E-state index contributed by atoms with van der Waals surface area (Å²) in [6, 6.07) is 1.86. The number of carbonyl (C=O) groups excluding carboxylic acids is 2. The van der Waals surface area contributed by atoms with E-state index in [1.165, 1.54) is 0 Å².